The van der Waals surface area contributed by atoms with E-state index in [1.54, 1.807) is 41.3 Å². The molecule has 3 heterocycles. The molecule has 3 atom stereocenters. The maximum absolute atomic E-state index is 13.0. The lowest BCUT2D eigenvalue weighted by Gasteiger charge is -2.25. The molecule has 1 aromatic carbocycles. The number of carbonyl (C=O) groups is 3. The van der Waals surface area contributed by atoms with Crippen LogP contribution in [0, 0.1) is 0 Å². The molecule has 9 nitrogen and oxygen atoms in total. The summed E-state index contributed by atoms with van der Waals surface area (Å²) in [5.74, 6) is -1.29. The number of thioether (sulfide) groups is 1. The van der Waals surface area contributed by atoms with Crippen molar-refractivity contribution in [2.75, 3.05) is 12.9 Å². The maximum Gasteiger partial charge on any atom is 0.302 e. The van der Waals surface area contributed by atoms with Crippen LogP contribution in [-0.4, -0.2) is 57.2 Å². The molecule has 2 aliphatic heterocycles. The van der Waals surface area contributed by atoms with E-state index in [1.165, 1.54) is 29.7 Å². The van der Waals surface area contributed by atoms with Crippen LogP contribution in [0.3, 0.4) is 0 Å². The van der Waals surface area contributed by atoms with Crippen LogP contribution in [0.2, 0.25) is 0 Å². The number of ether oxygens (including phenoxy) is 2. The molecular formula is C20H19N3O6S. The molecule has 0 saturated carbocycles. The first-order valence-electron chi connectivity index (χ1n) is 9.29. The zero-order valence-electron chi connectivity index (χ0n) is 16.3. The van der Waals surface area contributed by atoms with Gasteiger partial charge in [0, 0.05) is 25.6 Å². The molecule has 0 spiro atoms. The molecule has 4 rings (SSSR count). The van der Waals surface area contributed by atoms with Crippen molar-refractivity contribution >= 4 is 29.5 Å². The summed E-state index contributed by atoms with van der Waals surface area (Å²) in [5.41, 5.74) is 0.306. The predicted molar refractivity (Wildman–Crippen MR) is 106 cm³/mol. The zero-order valence-corrected chi connectivity index (χ0v) is 17.1. The van der Waals surface area contributed by atoms with Gasteiger partial charge in [0.2, 0.25) is 0 Å². The molecule has 156 valence electrons. The van der Waals surface area contributed by atoms with E-state index < -0.39 is 36.2 Å². The number of imide groups is 1. The van der Waals surface area contributed by atoms with Gasteiger partial charge in [0.25, 0.3) is 17.4 Å². The van der Waals surface area contributed by atoms with Crippen LogP contribution in [0.25, 0.3) is 0 Å². The van der Waals surface area contributed by atoms with Crippen LogP contribution in [-0.2, 0) is 14.3 Å². The largest absolute Gasteiger partial charge is 0.463 e. The Morgan fingerprint density at radius 3 is 2.47 bits per heavy atom. The minimum atomic E-state index is -0.713. The summed E-state index contributed by atoms with van der Waals surface area (Å²) in [5, 5.41) is 0.446. The third-order valence-electron chi connectivity index (χ3n) is 5.11. The summed E-state index contributed by atoms with van der Waals surface area (Å²) < 4.78 is 12.9. The monoisotopic (exact) mass is 429 g/mol. The van der Waals surface area contributed by atoms with Crippen LogP contribution in [0.15, 0.2) is 46.5 Å². The summed E-state index contributed by atoms with van der Waals surface area (Å²) >= 11 is 1.28. The van der Waals surface area contributed by atoms with Crippen LogP contribution in [0.4, 0.5) is 0 Å². The number of rotatable bonds is 5. The number of fused-ring (bicyclic) bond motifs is 1. The van der Waals surface area contributed by atoms with E-state index in [4.69, 9.17) is 9.47 Å². The lowest BCUT2D eigenvalue weighted by molar-refractivity contribution is -0.146. The highest BCUT2D eigenvalue weighted by Crippen LogP contribution is 2.37. The number of nitrogens with zero attached hydrogens (tertiary/aromatic N) is 3. The van der Waals surface area contributed by atoms with Crippen LogP contribution >= 0.6 is 11.8 Å². The minimum absolute atomic E-state index is 0.105. The topological polar surface area (TPSA) is 108 Å². The van der Waals surface area contributed by atoms with E-state index in [0.29, 0.717) is 16.3 Å². The molecule has 0 N–H and O–H groups in total. The highest BCUT2D eigenvalue weighted by atomic mass is 32.2. The summed E-state index contributed by atoms with van der Waals surface area (Å²) in [7, 11) is 0. The van der Waals surface area contributed by atoms with Gasteiger partial charge in [0.05, 0.1) is 17.2 Å². The van der Waals surface area contributed by atoms with Crippen molar-refractivity contribution in [2.24, 2.45) is 0 Å². The molecule has 30 heavy (non-hydrogen) atoms. The molecule has 1 fully saturated rings. The average molecular weight is 429 g/mol. The van der Waals surface area contributed by atoms with Gasteiger partial charge in [-0.05, 0) is 18.4 Å². The Kier molecular flexibility index (Phi) is 5.44. The van der Waals surface area contributed by atoms with Crippen molar-refractivity contribution in [3.8, 4) is 0 Å². The molecule has 0 bridgehead atoms. The lowest BCUT2D eigenvalue weighted by atomic mass is 10.1. The fourth-order valence-electron chi connectivity index (χ4n) is 3.78. The van der Waals surface area contributed by atoms with Gasteiger partial charge in [-0.2, -0.15) is 4.98 Å². The second kappa shape index (κ2) is 8.04. The van der Waals surface area contributed by atoms with Crippen molar-refractivity contribution in [1.29, 1.82) is 0 Å². The summed E-state index contributed by atoms with van der Waals surface area (Å²) in [6.45, 7) is 1.17. The Morgan fingerprint density at radius 2 is 1.87 bits per heavy atom. The first kappa shape index (κ1) is 20.3. The number of esters is 1. The Bertz CT molecular complexity index is 1050. The number of carbonyl (C=O) groups excluding carboxylic acids is 3. The van der Waals surface area contributed by atoms with E-state index in [2.05, 4.69) is 4.98 Å². The van der Waals surface area contributed by atoms with Crippen molar-refractivity contribution in [1.82, 2.24) is 14.5 Å². The Morgan fingerprint density at radius 1 is 1.20 bits per heavy atom. The van der Waals surface area contributed by atoms with E-state index in [1.807, 2.05) is 0 Å². The van der Waals surface area contributed by atoms with Crippen molar-refractivity contribution in [3.05, 3.63) is 58.0 Å². The number of hydrogen-bond acceptors (Lipinski definition) is 8. The number of benzene rings is 1. The third-order valence-corrected chi connectivity index (χ3v) is 5.78. The van der Waals surface area contributed by atoms with Crippen molar-refractivity contribution < 1.29 is 23.9 Å². The Balaban J connectivity index is 1.67. The van der Waals surface area contributed by atoms with Gasteiger partial charge >= 0.3 is 5.97 Å². The lowest BCUT2D eigenvalue weighted by Crippen LogP contribution is -2.46. The van der Waals surface area contributed by atoms with Crippen LogP contribution in [0.1, 0.15) is 40.3 Å². The van der Waals surface area contributed by atoms with Gasteiger partial charge in [0.15, 0.2) is 5.16 Å². The SMILES string of the molecule is CSc1nc(=O)ccn1[C@@H]1C[C@H](N2C(=O)c3ccccc3C2=O)[C@@H](COC(C)=O)O1. The van der Waals surface area contributed by atoms with Crippen LogP contribution in [0.5, 0.6) is 0 Å². The molecule has 2 amide bonds. The summed E-state index contributed by atoms with van der Waals surface area (Å²) in [6, 6.07) is 7.31. The predicted octanol–water partition coefficient (Wildman–Crippen LogP) is 1.48. The molecule has 2 aromatic rings. The number of amides is 2. The summed E-state index contributed by atoms with van der Waals surface area (Å²) in [4.78, 5) is 54.1. The smallest absolute Gasteiger partial charge is 0.302 e. The van der Waals surface area contributed by atoms with Gasteiger partial charge < -0.3 is 14.0 Å². The molecule has 0 radical (unpaired) electrons. The van der Waals surface area contributed by atoms with E-state index in [0.717, 1.165) is 0 Å². The van der Waals surface area contributed by atoms with Gasteiger partial charge in [-0.3, -0.25) is 24.1 Å². The molecule has 1 aromatic heterocycles. The highest BCUT2D eigenvalue weighted by Gasteiger charge is 2.48. The molecule has 2 aliphatic rings. The molecule has 0 unspecified atom stereocenters. The first-order valence-corrected chi connectivity index (χ1v) is 10.5. The zero-order chi connectivity index (χ0) is 21.4. The molecule has 0 aliphatic carbocycles. The third kappa shape index (κ3) is 3.52. The quantitative estimate of drug-likeness (QED) is 0.304. The fraction of sp³-hybridized carbons (Fsp3) is 0.350. The molecule has 1 saturated heterocycles. The number of aromatic nitrogens is 2. The van der Waals surface area contributed by atoms with Gasteiger partial charge in [-0.1, -0.05) is 23.9 Å². The van der Waals surface area contributed by atoms with E-state index in [9.17, 15) is 19.2 Å². The van der Waals surface area contributed by atoms with Gasteiger partial charge in [-0.25, -0.2) is 0 Å². The second-order valence-electron chi connectivity index (χ2n) is 6.92. The highest BCUT2D eigenvalue weighted by molar-refractivity contribution is 7.98. The first-order chi connectivity index (χ1) is 14.4. The van der Waals surface area contributed by atoms with E-state index in [-0.39, 0.29) is 18.6 Å². The Hall–Kier alpha value is -2.98. The normalized spacial score (nSPS) is 23.0. The van der Waals surface area contributed by atoms with Gasteiger partial charge in [-0.15, -0.1) is 0 Å². The van der Waals surface area contributed by atoms with E-state index >= 15 is 0 Å². The number of hydrogen-bond donors (Lipinski definition) is 0. The van der Waals surface area contributed by atoms with Crippen molar-refractivity contribution in [2.45, 2.75) is 36.9 Å². The molecule has 10 heteroatoms. The standard InChI is InChI=1S/C20H19N3O6S/c1-11(24)28-10-15-14(23-18(26)12-5-3-4-6-13(12)19(23)27)9-17(29-15)22-8-7-16(25)21-20(22)30-2/h3-8,14-15,17H,9-10H2,1-2H3/t14-,15+,17-/m0/s1. The van der Waals surface area contributed by atoms with Crippen LogP contribution < -0.4 is 5.56 Å². The minimum Gasteiger partial charge on any atom is -0.463 e. The Labute approximate surface area is 176 Å². The van der Waals surface area contributed by atoms with Crippen molar-refractivity contribution in [3.63, 3.8) is 0 Å². The average Bonchev–Trinajstić information content (AvgIpc) is 3.25. The van der Waals surface area contributed by atoms with Gasteiger partial charge in [0.1, 0.15) is 18.9 Å². The second-order valence-corrected chi connectivity index (χ2v) is 7.69. The maximum atomic E-state index is 13.0. The summed E-state index contributed by atoms with van der Waals surface area (Å²) in [6.07, 6.45) is 2.32. The fourth-order valence-corrected chi connectivity index (χ4v) is 4.35. The molecular weight excluding hydrogens is 410 g/mol.